The highest BCUT2D eigenvalue weighted by Crippen LogP contribution is 2.28. The van der Waals surface area contributed by atoms with Gasteiger partial charge in [0.2, 0.25) is 5.82 Å². The van der Waals surface area contributed by atoms with Crippen molar-refractivity contribution in [2.45, 2.75) is 26.2 Å². The summed E-state index contributed by atoms with van der Waals surface area (Å²) in [5, 5.41) is 10.0. The van der Waals surface area contributed by atoms with E-state index in [1.165, 1.54) is 12.1 Å². The van der Waals surface area contributed by atoms with Crippen LogP contribution in [0.5, 0.6) is 0 Å². The van der Waals surface area contributed by atoms with E-state index < -0.39 is 0 Å². The summed E-state index contributed by atoms with van der Waals surface area (Å²) in [5.41, 5.74) is 3.71. The van der Waals surface area contributed by atoms with Gasteiger partial charge in [-0.15, -0.1) is 0 Å². The van der Waals surface area contributed by atoms with E-state index in [9.17, 15) is 9.18 Å². The van der Waals surface area contributed by atoms with Gasteiger partial charge >= 0.3 is 0 Å². The fourth-order valence-corrected chi connectivity index (χ4v) is 3.39. The molecule has 0 bridgehead atoms. The van der Waals surface area contributed by atoms with Crippen LogP contribution >= 0.6 is 0 Å². The number of nitrogens with zero attached hydrogens (tertiary/aromatic N) is 4. The molecule has 0 saturated carbocycles. The number of rotatable bonds is 6. The number of aromatic amines is 1. The molecule has 0 atom stereocenters. The van der Waals surface area contributed by atoms with Gasteiger partial charge in [0.15, 0.2) is 0 Å². The van der Waals surface area contributed by atoms with Crippen LogP contribution in [0.3, 0.4) is 0 Å². The number of likely N-dealkylation sites (tertiary alicyclic amines) is 1. The lowest BCUT2D eigenvalue weighted by atomic mass is 9.91. The van der Waals surface area contributed by atoms with E-state index in [1.54, 1.807) is 17.2 Å². The van der Waals surface area contributed by atoms with Gasteiger partial charge in [0.1, 0.15) is 11.6 Å². The first-order valence-electron chi connectivity index (χ1n) is 9.63. The summed E-state index contributed by atoms with van der Waals surface area (Å²) in [7, 11) is 0. The Morgan fingerprint density at radius 2 is 2.14 bits per heavy atom. The van der Waals surface area contributed by atoms with Gasteiger partial charge < -0.3 is 10.2 Å². The molecule has 1 fully saturated rings. The van der Waals surface area contributed by atoms with E-state index >= 15 is 0 Å². The van der Waals surface area contributed by atoms with E-state index in [-0.39, 0.29) is 23.5 Å². The molecule has 7 nitrogen and oxygen atoms in total. The normalized spacial score (nSPS) is 14.0. The van der Waals surface area contributed by atoms with Gasteiger partial charge in [-0.05, 0) is 43.5 Å². The molecular formula is C21H23FN6O. The highest BCUT2D eigenvalue weighted by atomic mass is 19.1. The predicted molar refractivity (Wildman–Crippen MR) is 107 cm³/mol. The number of hydrogen-bond acceptors (Lipinski definition) is 5. The van der Waals surface area contributed by atoms with Crippen LogP contribution in [0.25, 0.3) is 0 Å². The molecule has 0 unspecified atom stereocenters. The number of anilines is 1. The SMILES string of the molecule is Cc1nc(C(=O)N2CC(c3cccc(F)c3)C2)nc(NCCc2cn[nH]c2)c1C. The Hall–Kier alpha value is -3.29. The van der Waals surface area contributed by atoms with Crippen molar-refractivity contribution < 1.29 is 9.18 Å². The molecule has 3 heterocycles. The average Bonchev–Trinajstić information content (AvgIpc) is 3.17. The fraction of sp³-hybridized carbons (Fsp3) is 0.333. The van der Waals surface area contributed by atoms with Crippen LogP contribution in [-0.2, 0) is 6.42 Å². The number of benzene rings is 1. The number of aromatic nitrogens is 4. The van der Waals surface area contributed by atoms with Crippen molar-refractivity contribution >= 4 is 11.7 Å². The third kappa shape index (κ3) is 4.11. The molecule has 4 rings (SSSR count). The maximum atomic E-state index is 13.4. The number of carbonyl (C=O) groups excluding carboxylic acids is 1. The molecule has 1 aromatic carbocycles. The van der Waals surface area contributed by atoms with Crippen LogP contribution in [0, 0.1) is 19.7 Å². The Kier molecular flexibility index (Phi) is 5.24. The molecular weight excluding hydrogens is 371 g/mol. The third-order valence-electron chi connectivity index (χ3n) is 5.33. The molecule has 0 aliphatic carbocycles. The number of H-pyrrole nitrogens is 1. The Balaban J connectivity index is 1.41. The zero-order chi connectivity index (χ0) is 20.4. The molecule has 0 spiro atoms. The van der Waals surface area contributed by atoms with Crippen molar-refractivity contribution in [2.24, 2.45) is 0 Å². The summed E-state index contributed by atoms with van der Waals surface area (Å²) in [6, 6.07) is 6.54. The van der Waals surface area contributed by atoms with Crippen molar-refractivity contribution in [2.75, 3.05) is 25.0 Å². The third-order valence-corrected chi connectivity index (χ3v) is 5.33. The molecule has 1 saturated heterocycles. The summed E-state index contributed by atoms with van der Waals surface area (Å²) >= 11 is 0. The summed E-state index contributed by atoms with van der Waals surface area (Å²) in [6.07, 6.45) is 4.44. The maximum absolute atomic E-state index is 13.4. The van der Waals surface area contributed by atoms with Crippen LogP contribution in [0.1, 0.15) is 38.9 Å². The Labute approximate surface area is 168 Å². The molecule has 2 aromatic heterocycles. The average molecular weight is 394 g/mol. The molecule has 1 aliphatic heterocycles. The Morgan fingerprint density at radius 1 is 1.31 bits per heavy atom. The number of nitrogens with one attached hydrogen (secondary N) is 2. The van der Waals surface area contributed by atoms with Crippen LogP contribution in [0.2, 0.25) is 0 Å². The highest BCUT2D eigenvalue weighted by molar-refractivity contribution is 5.91. The van der Waals surface area contributed by atoms with Crippen molar-refractivity contribution in [3.8, 4) is 0 Å². The Bertz CT molecular complexity index is 1010. The lowest BCUT2D eigenvalue weighted by Gasteiger charge is -2.39. The van der Waals surface area contributed by atoms with Gasteiger partial charge in [0.05, 0.1) is 6.20 Å². The number of carbonyl (C=O) groups is 1. The summed E-state index contributed by atoms with van der Waals surface area (Å²) in [4.78, 5) is 23.4. The minimum atomic E-state index is -0.254. The predicted octanol–water partition coefficient (Wildman–Crippen LogP) is 2.85. The van der Waals surface area contributed by atoms with Crippen LogP contribution < -0.4 is 5.32 Å². The minimum absolute atomic E-state index is 0.147. The summed E-state index contributed by atoms with van der Waals surface area (Å²) in [6.45, 7) is 5.58. The molecule has 150 valence electrons. The molecule has 8 heteroatoms. The number of hydrogen-bond donors (Lipinski definition) is 2. The highest BCUT2D eigenvalue weighted by Gasteiger charge is 2.34. The second-order valence-corrected chi connectivity index (χ2v) is 7.35. The molecule has 1 aliphatic rings. The van der Waals surface area contributed by atoms with Crippen LogP contribution in [0.4, 0.5) is 10.2 Å². The lowest BCUT2D eigenvalue weighted by Crippen LogP contribution is -2.49. The lowest BCUT2D eigenvalue weighted by molar-refractivity contribution is 0.0589. The quantitative estimate of drug-likeness (QED) is 0.671. The van der Waals surface area contributed by atoms with Gasteiger partial charge in [-0.2, -0.15) is 5.10 Å². The van der Waals surface area contributed by atoms with Crippen molar-refractivity contribution in [3.63, 3.8) is 0 Å². The van der Waals surface area contributed by atoms with Gasteiger partial charge in [-0.3, -0.25) is 9.89 Å². The van der Waals surface area contributed by atoms with Crippen LogP contribution in [-0.4, -0.2) is 50.6 Å². The molecule has 3 aromatic rings. The van der Waals surface area contributed by atoms with E-state index in [1.807, 2.05) is 26.1 Å². The van der Waals surface area contributed by atoms with Gasteiger partial charge in [0.25, 0.3) is 5.91 Å². The second-order valence-electron chi connectivity index (χ2n) is 7.35. The van der Waals surface area contributed by atoms with Crippen molar-refractivity contribution in [1.29, 1.82) is 0 Å². The molecule has 0 radical (unpaired) electrons. The zero-order valence-corrected chi connectivity index (χ0v) is 16.4. The smallest absolute Gasteiger partial charge is 0.291 e. The minimum Gasteiger partial charge on any atom is -0.369 e. The Morgan fingerprint density at radius 3 is 2.86 bits per heavy atom. The van der Waals surface area contributed by atoms with E-state index in [4.69, 9.17) is 0 Å². The largest absolute Gasteiger partial charge is 0.369 e. The van der Waals surface area contributed by atoms with Gasteiger partial charge in [-0.25, -0.2) is 14.4 Å². The summed E-state index contributed by atoms with van der Waals surface area (Å²) < 4.78 is 13.4. The second kappa shape index (κ2) is 7.98. The topological polar surface area (TPSA) is 86.8 Å². The van der Waals surface area contributed by atoms with E-state index in [0.29, 0.717) is 25.5 Å². The first kappa shape index (κ1) is 19.0. The maximum Gasteiger partial charge on any atom is 0.291 e. The molecule has 1 amide bonds. The first-order valence-corrected chi connectivity index (χ1v) is 9.63. The first-order chi connectivity index (χ1) is 14.0. The number of halogens is 1. The van der Waals surface area contributed by atoms with E-state index in [0.717, 1.165) is 28.8 Å². The zero-order valence-electron chi connectivity index (χ0n) is 16.4. The van der Waals surface area contributed by atoms with Gasteiger partial charge in [0, 0.05) is 43.0 Å². The van der Waals surface area contributed by atoms with Crippen molar-refractivity contribution in [1.82, 2.24) is 25.1 Å². The van der Waals surface area contributed by atoms with Crippen molar-refractivity contribution in [3.05, 3.63) is 70.7 Å². The van der Waals surface area contributed by atoms with E-state index in [2.05, 4.69) is 25.5 Å². The van der Waals surface area contributed by atoms with Crippen LogP contribution in [0.15, 0.2) is 36.7 Å². The molecule has 2 N–H and O–H groups in total. The number of aryl methyl sites for hydroxylation is 1. The monoisotopic (exact) mass is 394 g/mol. The van der Waals surface area contributed by atoms with Gasteiger partial charge in [-0.1, -0.05) is 12.1 Å². The fourth-order valence-electron chi connectivity index (χ4n) is 3.39. The molecule has 29 heavy (non-hydrogen) atoms. The number of amides is 1. The standard InChI is InChI=1S/C21H23FN6O/c1-13-14(2)26-20(27-19(13)23-7-6-15-9-24-25-10-15)21(29)28-11-17(12-28)16-4-3-5-18(22)8-16/h3-5,8-10,17H,6-7,11-12H2,1-2H3,(H,24,25)(H,23,26,27). The summed E-state index contributed by atoms with van der Waals surface area (Å²) in [5.74, 6) is 0.562.